The molecule has 0 fully saturated rings. The Balaban J connectivity index is 2.31. The van der Waals surface area contributed by atoms with Gasteiger partial charge in [-0.1, -0.05) is 30.3 Å². The van der Waals surface area contributed by atoms with E-state index in [4.69, 9.17) is 4.74 Å². The molecule has 0 bridgehead atoms. The third kappa shape index (κ3) is 2.38. The topological polar surface area (TPSA) is 59.4 Å². The van der Waals surface area contributed by atoms with Crippen LogP contribution in [0.4, 0.5) is 0 Å². The number of carbonyl (C=O) groups excluding carboxylic acids is 1. The molecule has 18 heavy (non-hydrogen) atoms. The molecule has 2 rings (SSSR count). The number of methoxy groups -OCH3 is 1. The number of ether oxygens (including phenoxy) is 1. The van der Waals surface area contributed by atoms with Crippen molar-refractivity contribution in [2.24, 2.45) is 0 Å². The standard InChI is InChI=1S/C14H13NO3/c1-18-12-7-8-15-9-11(12)14(17)13(16)10-5-3-2-4-6-10/h2-9,14,17H,1H3. The molecule has 2 aromatic rings. The molecule has 1 heterocycles. The average molecular weight is 243 g/mol. The van der Waals surface area contributed by atoms with Crippen LogP contribution in [0.5, 0.6) is 5.75 Å². The summed E-state index contributed by atoms with van der Waals surface area (Å²) >= 11 is 0. The summed E-state index contributed by atoms with van der Waals surface area (Å²) in [5, 5.41) is 10.1. The van der Waals surface area contributed by atoms with E-state index in [-0.39, 0.29) is 5.78 Å². The zero-order chi connectivity index (χ0) is 13.0. The maximum atomic E-state index is 12.1. The minimum Gasteiger partial charge on any atom is -0.496 e. The first-order valence-electron chi connectivity index (χ1n) is 5.49. The van der Waals surface area contributed by atoms with Crippen molar-refractivity contribution < 1.29 is 14.6 Å². The van der Waals surface area contributed by atoms with Gasteiger partial charge in [-0.05, 0) is 6.07 Å². The van der Waals surface area contributed by atoms with Gasteiger partial charge in [0.2, 0.25) is 0 Å². The van der Waals surface area contributed by atoms with Crippen molar-refractivity contribution in [3.63, 3.8) is 0 Å². The van der Waals surface area contributed by atoms with Crippen LogP contribution in [0.3, 0.4) is 0 Å². The van der Waals surface area contributed by atoms with Gasteiger partial charge < -0.3 is 9.84 Å². The van der Waals surface area contributed by atoms with Gasteiger partial charge in [0, 0.05) is 23.5 Å². The second-order valence-corrected chi connectivity index (χ2v) is 3.75. The van der Waals surface area contributed by atoms with Gasteiger partial charge in [0.25, 0.3) is 0 Å². The monoisotopic (exact) mass is 243 g/mol. The summed E-state index contributed by atoms with van der Waals surface area (Å²) in [6, 6.07) is 10.2. The van der Waals surface area contributed by atoms with Crippen LogP contribution in [-0.2, 0) is 0 Å². The van der Waals surface area contributed by atoms with Crippen LogP contribution in [0.25, 0.3) is 0 Å². The van der Waals surface area contributed by atoms with Crippen molar-refractivity contribution in [2.75, 3.05) is 7.11 Å². The number of rotatable bonds is 4. The largest absolute Gasteiger partial charge is 0.496 e. The second-order valence-electron chi connectivity index (χ2n) is 3.75. The summed E-state index contributed by atoms with van der Waals surface area (Å²) in [6.45, 7) is 0. The molecule has 1 aromatic carbocycles. The van der Waals surface area contributed by atoms with Gasteiger partial charge in [-0.3, -0.25) is 9.78 Å². The Morgan fingerprint density at radius 3 is 2.67 bits per heavy atom. The number of aliphatic hydroxyl groups excluding tert-OH is 1. The summed E-state index contributed by atoms with van der Waals surface area (Å²) in [7, 11) is 1.48. The van der Waals surface area contributed by atoms with E-state index in [9.17, 15) is 9.90 Å². The molecule has 1 N–H and O–H groups in total. The number of hydrogen-bond donors (Lipinski definition) is 1. The number of aliphatic hydroxyl groups is 1. The molecule has 0 amide bonds. The van der Waals surface area contributed by atoms with Crippen molar-refractivity contribution >= 4 is 5.78 Å². The Hall–Kier alpha value is -2.20. The normalized spacial score (nSPS) is 11.9. The lowest BCUT2D eigenvalue weighted by molar-refractivity contribution is 0.0741. The number of carbonyl (C=O) groups is 1. The van der Waals surface area contributed by atoms with E-state index in [0.29, 0.717) is 16.9 Å². The number of aromatic nitrogens is 1. The third-order valence-corrected chi connectivity index (χ3v) is 2.63. The first-order valence-corrected chi connectivity index (χ1v) is 5.49. The molecule has 0 aliphatic carbocycles. The summed E-state index contributed by atoms with van der Waals surface area (Å²) in [6.07, 6.45) is 1.71. The summed E-state index contributed by atoms with van der Waals surface area (Å²) < 4.78 is 5.10. The smallest absolute Gasteiger partial charge is 0.196 e. The highest BCUT2D eigenvalue weighted by Crippen LogP contribution is 2.26. The zero-order valence-corrected chi connectivity index (χ0v) is 9.91. The lowest BCUT2D eigenvalue weighted by Gasteiger charge is -2.13. The Morgan fingerprint density at radius 1 is 1.28 bits per heavy atom. The Labute approximate surface area is 105 Å². The van der Waals surface area contributed by atoms with E-state index >= 15 is 0 Å². The predicted octanol–water partition coefficient (Wildman–Crippen LogP) is 2.01. The molecule has 0 aliphatic rings. The fraction of sp³-hybridized carbons (Fsp3) is 0.143. The number of Topliss-reactive ketones (excluding diaryl/α,β-unsaturated/α-hetero) is 1. The first kappa shape index (κ1) is 12.3. The predicted molar refractivity (Wildman–Crippen MR) is 66.5 cm³/mol. The van der Waals surface area contributed by atoms with Crippen LogP contribution in [0.15, 0.2) is 48.8 Å². The molecule has 4 heteroatoms. The van der Waals surface area contributed by atoms with Crippen molar-refractivity contribution in [1.29, 1.82) is 0 Å². The van der Waals surface area contributed by atoms with E-state index < -0.39 is 6.10 Å². The van der Waals surface area contributed by atoms with Crippen LogP contribution < -0.4 is 4.74 Å². The highest BCUT2D eigenvalue weighted by Gasteiger charge is 2.22. The molecular weight excluding hydrogens is 230 g/mol. The molecule has 1 aromatic heterocycles. The van der Waals surface area contributed by atoms with E-state index in [1.54, 1.807) is 36.5 Å². The quantitative estimate of drug-likeness (QED) is 0.834. The third-order valence-electron chi connectivity index (χ3n) is 2.63. The van der Waals surface area contributed by atoms with Crippen molar-refractivity contribution in [3.8, 4) is 5.75 Å². The van der Waals surface area contributed by atoms with Crippen molar-refractivity contribution in [3.05, 3.63) is 59.9 Å². The molecule has 0 radical (unpaired) electrons. The molecular formula is C14H13NO3. The van der Waals surface area contributed by atoms with Crippen molar-refractivity contribution in [1.82, 2.24) is 4.98 Å². The summed E-state index contributed by atoms with van der Waals surface area (Å²) in [4.78, 5) is 16.0. The fourth-order valence-electron chi connectivity index (χ4n) is 1.69. The minimum absolute atomic E-state index is 0.369. The molecule has 1 atom stereocenters. The Kier molecular flexibility index (Phi) is 3.69. The molecule has 0 spiro atoms. The number of pyridine rings is 1. The van der Waals surface area contributed by atoms with Gasteiger partial charge in [-0.15, -0.1) is 0 Å². The van der Waals surface area contributed by atoms with E-state index in [2.05, 4.69) is 4.98 Å². The molecule has 92 valence electrons. The van der Waals surface area contributed by atoms with Crippen molar-refractivity contribution in [2.45, 2.75) is 6.10 Å². The SMILES string of the molecule is COc1ccncc1C(O)C(=O)c1ccccc1. The number of nitrogens with zero attached hydrogens (tertiary/aromatic N) is 1. The highest BCUT2D eigenvalue weighted by atomic mass is 16.5. The van der Waals surface area contributed by atoms with Gasteiger partial charge in [-0.2, -0.15) is 0 Å². The fourth-order valence-corrected chi connectivity index (χ4v) is 1.69. The van der Waals surface area contributed by atoms with Gasteiger partial charge in [0.1, 0.15) is 11.9 Å². The molecule has 0 saturated carbocycles. The van der Waals surface area contributed by atoms with E-state index in [0.717, 1.165) is 0 Å². The number of hydrogen-bond acceptors (Lipinski definition) is 4. The number of benzene rings is 1. The van der Waals surface area contributed by atoms with Crippen LogP contribution >= 0.6 is 0 Å². The van der Waals surface area contributed by atoms with E-state index in [1.807, 2.05) is 6.07 Å². The summed E-state index contributed by atoms with van der Waals surface area (Å²) in [5.74, 6) is 0.0729. The summed E-state index contributed by atoms with van der Waals surface area (Å²) in [5.41, 5.74) is 0.824. The van der Waals surface area contributed by atoms with Gasteiger partial charge in [0.15, 0.2) is 5.78 Å². The van der Waals surface area contributed by atoms with Gasteiger partial charge in [0.05, 0.1) is 7.11 Å². The lowest BCUT2D eigenvalue weighted by atomic mass is 10.0. The molecule has 1 unspecified atom stereocenters. The number of ketones is 1. The maximum absolute atomic E-state index is 12.1. The minimum atomic E-state index is -1.27. The molecule has 4 nitrogen and oxygen atoms in total. The van der Waals surface area contributed by atoms with Crippen LogP contribution in [0.1, 0.15) is 22.0 Å². The molecule has 0 aliphatic heterocycles. The van der Waals surface area contributed by atoms with E-state index in [1.165, 1.54) is 13.3 Å². The second kappa shape index (κ2) is 5.42. The van der Waals surface area contributed by atoms with Crippen LogP contribution in [0.2, 0.25) is 0 Å². The highest BCUT2D eigenvalue weighted by molar-refractivity contribution is 6.00. The Bertz CT molecular complexity index is 540. The van der Waals surface area contributed by atoms with Gasteiger partial charge in [-0.25, -0.2) is 0 Å². The Morgan fingerprint density at radius 2 is 2.00 bits per heavy atom. The van der Waals surface area contributed by atoms with Gasteiger partial charge >= 0.3 is 0 Å². The maximum Gasteiger partial charge on any atom is 0.196 e. The van der Waals surface area contributed by atoms with Crippen LogP contribution in [-0.4, -0.2) is 23.0 Å². The average Bonchev–Trinajstić information content (AvgIpc) is 2.46. The zero-order valence-electron chi connectivity index (χ0n) is 9.91. The lowest BCUT2D eigenvalue weighted by Crippen LogP contribution is -2.13. The first-order chi connectivity index (χ1) is 8.74. The molecule has 0 saturated heterocycles. The van der Waals surface area contributed by atoms with Crippen LogP contribution in [0, 0.1) is 0 Å².